The molecule has 1 saturated heterocycles. The van der Waals surface area contributed by atoms with Crippen molar-refractivity contribution in [3.05, 3.63) is 114 Å². The fourth-order valence-electron chi connectivity index (χ4n) is 5.50. The summed E-state index contributed by atoms with van der Waals surface area (Å²) in [6, 6.07) is 25.0. The molecular weight excluding hydrogens is 589 g/mol. The molecule has 4 aromatic carbocycles. The lowest BCUT2D eigenvalue weighted by molar-refractivity contribution is -0.139. The van der Waals surface area contributed by atoms with Crippen molar-refractivity contribution >= 4 is 23.2 Å². The number of halogens is 1. The van der Waals surface area contributed by atoms with Gasteiger partial charge in [-0.3, -0.25) is 9.59 Å². The predicted molar refractivity (Wildman–Crippen MR) is 174 cm³/mol. The van der Waals surface area contributed by atoms with Gasteiger partial charge in [0, 0.05) is 31.0 Å². The van der Waals surface area contributed by atoms with Crippen molar-refractivity contribution in [1.82, 2.24) is 4.90 Å². The van der Waals surface area contributed by atoms with Gasteiger partial charge < -0.3 is 34.1 Å². The van der Waals surface area contributed by atoms with Crippen LogP contribution in [0.1, 0.15) is 22.7 Å². The van der Waals surface area contributed by atoms with Gasteiger partial charge in [-0.15, -0.1) is 0 Å². The third-order valence-corrected chi connectivity index (χ3v) is 7.86. The Kier molecular flexibility index (Phi) is 10.7. The second-order valence-electron chi connectivity index (χ2n) is 10.8. The molecule has 0 aliphatic carbocycles. The molecule has 1 N–H and O–H groups in total. The van der Waals surface area contributed by atoms with Crippen molar-refractivity contribution in [2.75, 3.05) is 57.8 Å². The first-order valence-electron chi connectivity index (χ1n) is 15.0. The van der Waals surface area contributed by atoms with Gasteiger partial charge in [-0.05, 0) is 65.2 Å². The topological polar surface area (TPSA) is 89.6 Å². The van der Waals surface area contributed by atoms with Gasteiger partial charge in [-0.2, -0.15) is 0 Å². The van der Waals surface area contributed by atoms with Crippen LogP contribution in [-0.2, 0) is 27.3 Å². The average Bonchev–Trinajstić information content (AvgIpc) is 3.09. The minimum atomic E-state index is -1.13. The molecule has 1 fully saturated rings. The molecule has 0 bridgehead atoms. The summed E-state index contributed by atoms with van der Waals surface area (Å²) in [5, 5.41) is 3.02. The van der Waals surface area contributed by atoms with Crippen LogP contribution in [0, 0.1) is 5.82 Å². The Bertz CT molecular complexity index is 1580. The van der Waals surface area contributed by atoms with Crippen molar-refractivity contribution in [2.24, 2.45) is 0 Å². The number of methoxy groups -OCH3 is 3. The number of morpholine rings is 1. The average molecular weight is 628 g/mol. The van der Waals surface area contributed by atoms with Crippen LogP contribution in [0.25, 0.3) is 0 Å². The number of amides is 2. The number of ether oxygens (including phenoxy) is 4. The molecule has 10 heteroatoms. The predicted octanol–water partition coefficient (Wildman–Crippen LogP) is 5.64. The summed E-state index contributed by atoms with van der Waals surface area (Å²) >= 11 is 0. The van der Waals surface area contributed by atoms with Gasteiger partial charge in [-0.1, -0.05) is 42.5 Å². The fraction of sp³-hybridized carbons (Fsp3) is 0.278. The van der Waals surface area contributed by atoms with Gasteiger partial charge in [0.05, 0.1) is 41.0 Å². The summed E-state index contributed by atoms with van der Waals surface area (Å²) in [6.45, 7) is 2.94. The Hall–Kier alpha value is -5.09. The number of benzene rings is 4. The van der Waals surface area contributed by atoms with E-state index in [1.165, 1.54) is 38.4 Å². The third-order valence-electron chi connectivity index (χ3n) is 7.86. The Morgan fingerprint density at radius 2 is 1.48 bits per heavy atom. The molecule has 240 valence electrons. The molecule has 1 aliphatic rings. The lowest BCUT2D eigenvalue weighted by Gasteiger charge is -2.32. The Balaban J connectivity index is 1.56. The molecule has 1 heterocycles. The number of carbonyl (C=O) groups is 2. The first-order chi connectivity index (χ1) is 22.4. The van der Waals surface area contributed by atoms with Crippen LogP contribution < -0.4 is 24.4 Å². The third kappa shape index (κ3) is 7.76. The van der Waals surface area contributed by atoms with Crippen molar-refractivity contribution < 1.29 is 32.9 Å². The molecule has 0 radical (unpaired) electrons. The Morgan fingerprint density at radius 3 is 2.07 bits per heavy atom. The van der Waals surface area contributed by atoms with Crippen LogP contribution in [-0.4, -0.2) is 64.3 Å². The van der Waals surface area contributed by atoms with Crippen LogP contribution in [0.2, 0.25) is 0 Å². The fourth-order valence-corrected chi connectivity index (χ4v) is 5.50. The van der Waals surface area contributed by atoms with E-state index in [1.54, 1.807) is 24.3 Å². The number of carbonyl (C=O) groups excluding carboxylic acids is 2. The van der Waals surface area contributed by atoms with Gasteiger partial charge >= 0.3 is 0 Å². The Morgan fingerprint density at radius 1 is 0.848 bits per heavy atom. The van der Waals surface area contributed by atoms with E-state index < -0.39 is 17.8 Å². The molecule has 9 nitrogen and oxygen atoms in total. The molecule has 0 saturated carbocycles. The zero-order valence-electron chi connectivity index (χ0n) is 26.2. The van der Waals surface area contributed by atoms with Gasteiger partial charge in [0.1, 0.15) is 11.9 Å². The van der Waals surface area contributed by atoms with E-state index in [-0.39, 0.29) is 18.9 Å². The summed E-state index contributed by atoms with van der Waals surface area (Å²) in [7, 11) is 4.47. The second kappa shape index (κ2) is 15.3. The molecule has 2 amide bonds. The van der Waals surface area contributed by atoms with E-state index in [1.807, 2.05) is 54.6 Å². The molecule has 1 aliphatic heterocycles. The summed E-state index contributed by atoms with van der Waals surface area (Å²) < 4.78 is 36.1. The van der Waals surface area contributed by atoms with Crippen LogP contribution in [0.5, 0.6) is 17.2 Å². The highest BCUT2D eigenvalue weighted by Gasteiger charge is 2.34. The normalized spacial score (nSPS) is 13.4. The van der Waals surface area contributed by atoms with Crippen molar-refractivity contribution in [2.45, 2.75) is 19.0 Å². The summed E-state index contributed by atoms with van der Waals surface area (Å²) in [4.78, 5) is 32.3. The SMILES string of the molecule is COc1cc(C(C(=O)Nc2ccc(N3CCOCC3)cc2)N(Cc2ccc(F)cc2)C(=O)Cc2ccccc2)cc(OC)c1OC. The standard InChI is InChI=1S/C36H38FN3O6/c1-43-31-22-27(23-32(44-2)35(31)45-3)34(36(42)38-29-13-15-30(16-14-29)39-17-19-46-20-18-39)40(24-26-9-11-28(37)12-10-26)33(41)21-25-7-5-4-6-8-25/h4-16,22-23,34H,17-21,24H2,1-3H3,(H,38,42). The van der Waals surface area contributed by atoms with E-state index in [0.29, 0.717) is 47.3 Å². The van der Waals surface area contributed by atoms with Crippen LogP contribution >= 0.6 is 0 Å². The number of rotatable bonds is 12. The van der Waals surface area contributed by atoms with Crippen LogP contribution in [0.15, 0.2) is 91.0 Å². The minimum Gasteiger partial charge on any atom is -0.493 e. The van der Waals surface area contributed by atoms with Crippen molar-refractivity contribution in [3.63, 3.8) is 0 Å². The van der Waals surface area contributed by atoms with Crippen LogP contribution in [0.3, 0.4) is 0 Å². The second-order valence-corrected chi connectivity index (χ2v) is 10.8. The smallest absolute Gasteiger partial charge is 0.251 e. The maximum Gasteiger partial charge on any atom is 0.251 e. The summed E-state index contributed by atoms with van der Waals surface area (Å²) in [6.07, 6.45) is 0.0461. The summed E-state index contributed by atoms with van der Waals surface area (Å²) in [5.74, 6) is -0.120. The zero-order chi connectivity index (χ0) is 32.5. The van der Waals surface area contributed by atoms with E-state index >= 15 is 0 Å². The van der Waals surface area contributed by atoms with Gasteiger partial charge in [0.15, 0.2) is 11.5 Å². The van der Waals surface area contributed by atoms with E-state index in [0.717, 1.165) is 24.3 Å². The summed E-state index contributed by atoms with van der Waals surface area (Å²) in [5.41, 5.74) is 3.48. The van der Waals surface area contributed by atoms with Gasteiger partial charge in [0.2, 0.25) is 11.7 Å². The van der Waals surface area contributed by atoms with E-state index in [4.69, 9.17) is 18.9 Å². The zero-order valence-corrected chi connectivity index (χ0v) is 26.2. The number of hydrogen-bond donors (Lipinski definition) is 1. The molecule has 46 heavy (non-hydrogen) atoms. The molecule has 0 spiro atoms. The first-order valence-corrected chi connectivity index (χ1v) is 15.0. The number of hydrogen-bond acceptors (Lipinski definition) is 7. The molecule has 0 aromatic heterocycles. The number of nitrogens with zero attached hydrogens (tertiary/aromatic N) is 2. The van der Waals surface area contributed by atoms with E-state index in [2.05, 4.69) is 10.2 Å². The van der Waals surface area contributed by atoms with E-state index in [9.17, 15) is 14.0 Å². The van der Waals surface area contributed by atoms with Crippen molar-refractivity contribution in [1.29, 1.82) is 0 Å². The number of anilines is 2. The molecule has 5 rings (SSSR count). The maximum atomic E-state index is 14.4. The molecule has 4 aromatic rings. The highest BCUT2D eigenvalue weighted by molar-refractivity contribution is 5.98. The highest BCUT2D eigenvalue weighted by atomic mass is 19.1. The number of nitrogens with one attached hydrogen (secondary N) is 1. The Labute approximate surface area is 268 Å². The van der Waals surface area contributed by atoms with Crippen LogP contribution in [0.4, 0.5) is 15.8 Å². The molecule has 1 unspecified atom stereocenters. The van der Waals surface area contributed by atoms with Crippen molar-refractivity contribution in [3.8, 4) is 17.2 Å². The first kappa shape index (κ1) is 32.3. The lowest BCUT2D eigenvalue weighted by Crippen LogP contribution is -2.41. The highest BCUT2D eigenvalue weighted by Crippen LogP contribution is 2.41. The molecule has 1 atom stereocenters. The quantitative estimate of drug-likeness (QED) is 0.218. The minimum absolute atomic E-state index is 0.0384. The van der Waals surface area contributed by atoms with Gasteiger partial charge in [0.25, 0.3) is 5.91 Å². The largest absolute Gasteiger partial charge is 0.493 e. The molecular formula is C36H38FN3O6. The maximum absolute atomic E-state index is 14.4. The van der Waals surface area contributed by atoms with Gasteiger partial charge in [-0.25, -0.2) is 4.39 Å². The lowest BCUT2D eigenvalue weighted by atomic mass is 10.00. The monoisotopic (exact) mass is 627 g/mol.